The van der Waals surface area contributed by atoms with Gasteiger partial charge in [0.25, 0.3) is 0 Å². The highest BCUT2D eigenvalue weighted by Crippen LogP contribution is 2.24. The first-order valence-corrected chi connectivity index (χ1v) is 21.5. The molecule has 0 atom stereocenters. The van der Waals surface area contributed by atoms with Gasteiger partial charge in [-0.2, -0.15) is 0 Å². The van der Waals surface area contributed by atoms with E-state index in [2.05, 4.69) is 23.1 Å². The van der Waals surface area contributed by atoms with E-state index in [0.29, 0.717) is 73.3 Å². The Kier molecular flexibility index (Phi) is 19.4. The molecule has 1 aromatic heterocycles. The number of carbonyl (C=O) groups is 4. The van der Waals surface area contributed by atoms with Crippen LogP contribution in [0.15, 0.2) is 121 Å². The van der Waals surface area contributed by atoms with Crippen LogP contribution in [-0.4, -0.2) is 68.1 Å². The number of fused-ring (bicyclic) bond motifs is 1. The zero-order valence-electron chi connectivity index (χ0n) is 34.8. The highest BCUT2D eigenvalue weighted by molar-refractivity contribution is 7.18. The molecule has 1 heterocycles. The summed E-state index contributed by atoms with van der Waals surface area (Å²) in [6.45, 7) is 9.06. The smallest absolute Gasteiger partial charge is 0.343 e. The number of unbranched alkanes of at least 4 members (excludes halogenated alkanes) is 6. The molecule has 12 nitrogen and oxygen atoms in total. The molecule has 0 aliphatic heterocycles. The van der Waals surface area contributed by atoms with Gasteiger partial charge in [-0.3, -0.25) is 4.99 Å². The van der Waals surface area contributed by atoms with Crippen molar-refractivity contribution in [3.8, 4) is 17.2 Å². The minimum atomic E-state index is -0.534. The lowest BCUT2D eigenvalue weighted by Gasteiger charge is -2.11. The van der Waals surface area contributed by atoms with Gasteiger partial charge in [0.2, 0.25) is 0 Å². The molecule has 0 aliphatic carbocycles. The average molecular weight is 861 g/mol. The Bertz CT molecular complexity index is 2230. The summed E-state index contributed by atoms with van der Waals surface area (Å²) in [6.07, 6.45) is 11.4. The topological polar surface area (TPSA) is 149 Å². The molecule has 0 N–H and O–H groups in total. The van der Waals surface area contributed by atoms with E-state index in [1.165, 1.54) is 0 Å². The number of benzene rings is 4. The number of nitrogens with zero attached hydrogens (tertiary/aromatic N) is 2. The maximum Gasteiger partial charge on any atom is 0.343 e. The van der Waals surface area contributed by atoms with Crippen molar-refractivity contribution in [2.24, 2.45) is 4.99 Å². The molecule has 13 heteroatoms. The summed E-state index contributed by atoms with van der Waals surface area (Å²) < 4.78 is 34.2. The molecular formula is C49H52N2O10S. The minimum absolute atomic E-state index is 0.132. The fraction of sp³-hybridized carbons (Fsp3) is 0.306. The lowest BCUT2D eigenvalue weighted by Crippen LogP contribution is -2.11. The normalized spacial score (nSPS) is 10.9. The second-order valence-electron chi connectivity index (χ2n) is 14.0. The average Bonchev–Trinajstić information content (AvgIpc) is 3.72. The number of ether oxygens (including phenoxy) is 6. The van der Waals surface area contributed by atoms with Gasteiger partial charge in [0.1, 0.15) is 22.3 Å². The quantitative estimate of drug-likeness (QED) is 0.0124. The van der Waals surface area contributed by atoms with Crippen molar-refractivity contribution in [3.05, 3.63) is 144 Å². The zero-order chi connectivity index (χ0) is 43.8. The number of aromatic nitrogens is 1. The summed E-state index contributed by atoms with van der Waals surface area (Å²) in [5, 5.41) is 0.856. The zero-order valence-corrected chi connectivity index (χ0v) is 35.6. The van der Waals surface area contributed by atoms with Crippen molar-refractivity contribution < 1.29 is 47.6 Å². The molecule has 0 fully saturated rings. The third-order valence-corrected chi connectivity index (χ3v) is 10.3. The molecule has 0 amide bonds. The van der Waals surface area contributed by atoms with E-state index in [1.807, 2.05) is 36.4 Å². The SMILES string of the molecule is C=CC(=O)OCCCCCCOc1ccc(C(=O)OCCc2ccc(OC(=O)c3ccc(OCCCCCCOC(=O)C=C)cc3)c(C=NCc3nc4ccccc4s3)c2)cc1. The summed E-state index contributed by atoms with van der Waals surface area (Å²) in [6, 6.07) is 27.0. The molecule has 0 spiro atoms. The fourth-order valence-electron chi connectivity index (χ4n) is 5.99. The highest BCUT2D eigenvalue weighted by Gasteiger charge is 2.14. The maximum atomic E-state index is 13.3. The summed E-state index contributed by atoms with van der Waals surface area (Å²) in [7, 11) is 0. The van der Waals surface area contributed by atoms with Gasteiger partial charge in [-0.25, -0.2) is 24.2 Å². The molecule has 0 radical (unpaired) electrons. The lowest BCUT2D eigenvalue weighted by molar-refractivity contribution is -0.138. The Hall–Kier alpha value is -6.60. The Morgan fingerprint density at radius 2 is 1.18 bits per heavy atom. The van der Waals surface area contributed by atoms with Crippen molar-refractivity contribution in [3.63, 3.8) is 0 Å². The number of rotatable bonds is 27. The number of para-hydroxylation sites is 1. The summed E-state index contributed by atoms with van der Waals surface area (Å²) in [5.41, 5.74) is 3.13. The van der Waals surface area contributed by atoms with Crippen LogP contribution in [0, 0.1) is 0 Å². The molecule has 0 aliphatic rings. The van der Waals surface area contributed by atoms with E-state index in [1.54, 1.807) is 72.1 Å². The van der Waals surface area contributed by atoms with Gasteiger partial charge < -0.3 is 28.4 Å². The second-order valence-corrected chi connectivity index (χ2v) is 15.1. The Morgan fingerprint density at radius 3 is 1.76 bits per heavy atom. The van der Waals surface area contributed by atoms with Gasteiger partial charge in [0.15, 0.2) is 0 Å². The van der Waals surface area contributed by atoms with Crippen molar-refractivity contribution in [2.75, 3.05) is 33.0 Å². The van der Waals surface area contributed by atoms with Crippen LogP contribution in [0.5, 0.6) is 17.2 Å². The van der Waals surface area contributed by atoms with Crippen molar-refractivity contribution in [1.29, 1.82) is 0 Å². The van der Waals surface area contributed by atoms with Gasteiger partial charge in [-0.15, -0.1) is 11.3 Å². The number of esters is 4. The Balaban J connectivity index is 1.11. The second kappa shape index (κ2) is 25.9. The van der Waals surface area contributed by atoms with Crippen LogP contribution >= 0.6 is 11.3 Å². The standard InChI is InChI=1S/C49H52N2O10S/c1-3-46(52)58-30-13-7-5-11-28-56-40-22-18-37(19-23-40)48(54)60-32-27-36-17-26-43(39(33-36)34-50-35-45-51-42-15-9-10-16-44(42)62-45)61-49(55)38-20-24-41(25-21-38)57-29-12-6-8-14-31-59-47(53)4-2/h3-4,9-10,15-26,33-34H,1-2,5-8,11-14,27-32,35H2. The van der Waals surface area contributed by atoms with E-state index in [4.69, 9.17) is 28.4 Å². The van der Waals surface area contributed by atoms with Gasteiger partial charge >= 0.3 is 23.9 Å². The number of carbonyl (C=O) groups excluding carboxylic acids is 4. The summed E-state index contributed by atoms with van der Waals surface area (Å²) in [4.78, 5) is 57.7. The highest BCUT2D eigenvalue weighted by atomic mass is 32.1. The van der Waals surface area contributed by atoms with Crippen LogP contribution in [-0.2, 0) is 36.8 Å². The molecule has 0 bridgehead atoms. The van der Waals surface area contributed by atoms with E-state index in [-0.39, 0.29) is 6.61 Å². The molecule has 4 aromatic carbocycles. The summed E-state index contributed by atoms with van der Waals surface area (Å²) in [5.74, 6) is -0.170. The van der Waals surface area contributed by atoms with Crippen LogP contribution in [0.25, 0.3) is 10.2 Å². The first-order chi connectivity index (χ1) is 30.3. The van der Waals surface area contributed by atoms with E-state index >= 15 is 0 Å². The van der Waals surface area contributed by atoms with Gasteiger partial charge in [-0.1, -0.05) is 31.4 Å². The lowest BCUT2D eigenvalue weighted by atomic mass is 10.1. The van der Waals surface area contributed by atoms with E-state index in [0.717, 1.165) is 84.3 Å². The number of thiazole rings is 1. The summed E-state index contributed by atoms with van der Waals surface area (Å²) >= 11 is 1.57. The number of hydrogen-bond acceptors (Lipinski definition) is 13. The Labute approximate surface area is 366 Å². The fourth-order valence-corrected chi connectivity index (χ4v) is 6.90. The molecule has 0 saturated heterocycles. The van der Waals surface area contributed by atoms with Crippen LogP contribution in [0.2, 0.25) is 0 Å². The minimum Gasteiger partial charge on any atom is -0.494 e. The first-order valence-electron chi connectivity index (χ1n) is 20.7. The van der Waals surface area contributed by atoms with Gasteiger partial charge in [0, 0.05) is 30.4 Å². The predicted molar refractivity (Wildman–Crippen MR) is 239 cm³/mol. The van der Waals surface area contributed by atoms with Crippen molar-refractivity contribution in [1.82, 2.24) is 4.98 Å². The molecule has 0 saturated carbocycles. The van der Waals surface area contributed by atoms with Gasteiger partial charge in [0.05, 0.1) is 60.9 Å². The van der Waals surface area contributed by atoms with Crippen LogP contribution < -0.4 is 14.2 Å². The number of aliphatic imine (C=N–C) groups is 1. The molecular weight excluding hydrogens is 809 g/mol. The van der Waals surface area contributed by atoms with Crippen LogP contribution in [0.3, 0.4) is 0 Å². The van der Waals surface area contributed by atoms with Gasteiger partial charge in [-0.05, 0) is 130 Å². The third kappa shape index (κ3) is 16.1. The van der Waals surface area contributed by atoms with Crippen molar-refractivity contribution in [2.45, 2.75) is 64.3 Å². The van der Waals surface area contributed by atoms with Crippen LogP contribution in [0.4, 0.5) is 0 Å². The van der Waals surface area contributed by atoms with E-state index in [9.17, 15) is 19.2 Å². The number of hydrogen-bond donors (Lipinski definition) is 0. The maximum absolute atomic E-state index is 13.3. The van der Waals surface area contributed by atoms with Crippen molar-refractivity contribution >= 4 is 51.6 Å². The first kappa shape index (κ1) is 46.5. The monoisotopic (exact) mass is 860 g/mol. The largest absolute Gasteiger partial charge is 0.494 e. The third-order valence-electron chi connectivity index (χ3n) is 9.31. The predicted octanol–water partition coefficient (Wildman–Crippen LogP) is 9.87. The molecule has 62 heavy (non-hydrogen) atoms. The molecule has 5 rings (SSSR count). The molecule has 324 valence electrons. The Morgan fingerprint density at radius 1 is 0.613 bits per heavy atom. The molecule has 0 unspecified atom stereocenters. The van der Waals surface area contributed by atoms with Crippen LogP contribution in [0.1, 0.15) is 88.2 Å². The van der Waals surface area contributed by atoms with E-state index < -0.39 is 23.9 Å². The molecule has 5 aromatic rings.